The van der Waals surface area contributed by atoms with E-state index in [0.717, 1.165) is 22.4 Å². The molecule has 0 saturated carbocycles. The summed E-state index contributed by atoms with van der Waals surface area (Å²) >= 11 is 7.55. The molecule has 15 heteroatoms. The van der Waals surface area contributed by atoms with Crippen molar-refractivity contribution in [3.8, 4) is 11.4 Å². The lowest BCUT2D eigenvalue weighted by Gasteiger charge is -2.09. The molecule has 2 aromatic carbocycles. The van der Waals surface area contributed by atoms with Gasteiger partial charge in [0.1, 0.15) is 5.82 Å². The number of aromatic nitrogens is 4. The predicted octanol–water partition coefficient (Wildman–Crippen LogP) is 5.39. The molecule has 0 fully saturated rings. The Morgan fingerprint density at radius 2 is 1.89 bits per heavy atom. The van der Waals surface area contributed by atoms with Crippen molar-refractivity contribution >= 4 is 56.7 Å². The summed E-state index contributed by atoms with van der Waals surface area (Å²) in [6, 6.07) is 7.80. The number of carbonyl (C=O) groups excluding carboxylic acids is 1. The summed E-state index contributed by atoms with van der Waals surface area (Å²) in [6.45, 7) is 3.62. The number of benzene rings is 2. The number of H-pyrrole nitrogens is 1. The van der Waals surface area contributed by atoms with Gasteiger partial charge in [-0.2, -0.15) is 27.6 Å². The van der Waals surface area contributed by atoms with Gasteiger partial charge in [0.25, 0.3) is 5.91 Å². The highest BCUT2D eigenvalue weighted by atomic mass is 35.5. The van der Waals surface area contributed by atoms with E-state index in [4.69, 9.17) is 21.5 Å². The van der Waals surface area contributed by atoms with Crippen LogP contribution in [0.4, 0.5) is 28.4 Å². The molecule has 2 heterocycles. The quantitative estimate of drug-likeness (QED) is 0.248. The van der Waals surface area contributed by atoms with E-state index in [1.54, 1.807) is 6.20 Å². The second-order valence-electron chi connectivity index (χ2n) is 7.43. The van der Waals surface area contributed by atoms with Crippen molar-refractivity contribution in [3.05, 3.63) is 52.9 Å². The minimum atomic E-state index is -5.08. The molecule has 0 aliphatic heterocycles. The van der Waals surface area contributed by atoms with Crippen LogP contribution >= 0.6 is 23.1 Å². The molecule has 9 nitrogen and oxygen atoms in total. The van der Waals surface area contributed by atoms with Crippen molar-refractivity contribution in [2.45, 2.75) is 26.1 Å². The van der Waals surface area contributed by atoms with Crippen LogP contribution in [0, 0.1) is 5.82 Å². The Hall–Kier alpha value is -3.78. The molecule has 190 valence electrons. The minimum Gasteiger partial charge on any atom is -0.475 e. The number of nitrogens with one attached hydrogen (secondary N) is 3. The van der Waals surface area contributed by atoms with E-state index in [1.165, 1.54) is 18.2 Å². The number of carboxylic acids is 1. The van der Waals surface area contributed by atoms with Crippen LogP contribution in [0.2, 0.25) is 5.02 Å². The average molecular weight is 545 g/mol. The van der Waals surface area contributed by atoms with Gasteiger partial charge in [-0.1, -0.05) is 11.6 Å². The number of fused-ring (bicyclic) bond motifs is 1. The van der Waals surface area contributed by atoms with Crippen LogP contribution in [0.25, 0.3) is 22.3 Å². The lowest BCUT2D eigenvalue weighted by molar-refractivity contribution is -0.192. The fraction of sp³-hybridized carbons (Fsp3) is 0.190. The number of alkyl halides is 3. The first-order valence-corrected chi connectivity index (χ1v) is 11.1. The Balaban J connectivity index is 0.000000454. The maximum absolute atomic E-state index is 14.1. The Morgan fingerprint density at radius 3 is 2.53 bits per heavy atom. The highest BCUT2D eigenvalue weighted by molar-refractivity contribution is 7.10. The van der Waals surface area contributed by atoms with Gasteiger partial charge in [-0.05, 0) is 44.2 Å². The zero-order chi connectivity index (χ0) is 26.6. The molecular formula is C21H17ClF4N6O3S. The lowest BCUT2D eigenvalue weighted by atomic mass is 10.1. The summed E-state index contributed by atoms with van der Waals surface area (Å²) in [5, 5.41) is 21.6. The van der Waals surface area contributed by atoms with Crippen molar-refractivity contribution in [1.29, 1.82) is 0 Å². The van der Waals surface area contributed by atoms with Gasteiger partial charge < -0.3 is 15.7 Å². The Bertz CT molecular complexity index is 1410. The first kappa shape index (κ1) is 26.8. The van der Waals surface area contributed by atoms with Crippen LogP contribution in [-0.2, 0) is 4.79 Å². The average Bonchev–Trinajstić information content (AvgIpc) is 3.45. The summed E-state index contributed by atoms with van der Waals surface area (Å²) in [5.74, 6) is -3.45. The predicted molar refractivity (Wildman–Crippen MR) is 126 cm³/mol. The molecule has 0 aliphatic rings. The highest BCUT2D eigenvalue weighted by Crippen LogP contribution is 2.33. The fourth-order valence-electron chi connectivity index (χ4n) is 2.76. The van der Waals surface area contributed by atoms with E-state index >= 15 is 0 Å². The van der Waals surface area contributed by atoms with E-state index in [9.17, 15) is 22.4 Å². The van der Waals surface area contributed by atoms with Gasteiger partial charge in [0.05, 0.1) is 28.0 Å². The summed E-state index contributed by atoms with van der Waals surface area (Å²) in [5.41, 5.74) is 1.99. The zero-order valence-electron chi connectivity index (χ0n) is 18.4. The summed E-state index contributed by atoms with van der Waals surface area (Å²) in [6.07, 6.45) is -3.43. The molecule has 0 atom stereocenters. The third kappa shape index (κ3) is 6.46. The molecule has 4 aromatic rings. The number of nitrogens with zero attached hydrogens (tertiary/aromatic N) is 3. The van der Waals surface area contributed by atoms with Gasteiger partial charge in [0.2, 0.25) is 5.13 Å². The lowest BCUT2D eigenvalue weighted by Crippen LogP contribution is -2.30. The molecule has 0 aliphatic carbocycles. The number of aromatic amines is 1. The summed E-state index contributed by atoms with van der Waals surface area (Å²) in [7, 11) is 0. The van der Waals surface area contributed by atoms with Gasteiger partial charge in [0.15, 0.2) is 5.82 Å². The summed E-state index contributed by atoms with van der Waals surface area (Å²) < 4.78 is 50.1. The first-order chi connectivity index (χ1) is 16.9. The standard InChI is InChI=1S/C19H16ClFN6OS.C2HF3O2/c1-9(2)23-18(28)11-7-10(3-4-13(11)21)17-25-19(29-27-17)24-15-6-5-14-12(16(15)20)8-22-26-14;3-2(4,5)1(6)7/h3-9H,1-2H3,(H,22,26)(H,23,28)(H,24,25,27);(H,6,7). The van der Waals surface area contributed by atoms with Crippen LogP contribution in [0.5, 0.6) is 0 Å². The minimum absolute atomic E-state index is 0.0473. The molecule has 0 unspecified atom stereocenters. The maximum atomic E-state index is 14.1. The van der Waals surface area contributed by atoms with E-state index < -0.39 is 23.9 Å². The molecule has 36 heavy (non-hydrogen) atoms. The second-order valence-corrected chi connectivity index (χ2v) is 8.56. The molecule has 0 bridgehead atoms. The van der Waals surface area contributed by atoms with Crippen molar-refractivity contribution in [3.63, 3.8) is 0 Å². The number of rotatable bonds is 5. The zero-order valence-corrected chi connectivity index (χ0v) is 20.0. The molecule has 1 amide bonds. The number of hydrogen-bond acceptors (Lipinski definition) is 7. The molecule has 2 aromatic heterocycles. The second kappa shape index (κ2) is 10.9. The summed E-state index contributed by atoms with van der Waals surface area (Å²) in [4.78, 5) is 25.5. The Kier molecular flexibility index (Phi) is 8.10. The topological polar surface area (TPSA) is 133 Å². The van der Waals surface area contributed by atoms with Gasteiger partial charge >= 0.3 is 12.1 Å². The third-order valence-electron chi connectivity index (χ3n) is 4.36. The Labute approximate surface area is 209 Å². The number of carboxylic acid groups (broad SMARTS) is 1. The van der Waals surface area contributed by atoms with Gasteiger partial charge in [-0.25, -0.2) is 9.18 Å². The van der Waals surface area contributed by atoms with Gasteiger partial charge in [-0.15, -0.1) is 0 Å². The molecule has 4 rings (SSSR count). The van der Waals surface area contributed by atoms with Gasteiger partial charge in [0, 0.05) is 28.5 Å². The van der Waals surface area contributed by atoms with Gasteiger partial charge in [-0.3, -0.25) is 9.89 Å². The molecule has 0 radical (unpaired) electrons. The molecule has 0 saturated heterocycles. The van der Waals surface area contributed by atoms with Crippen LogP contribution < -0.4 is 10.6 Å². The van der Waals surface area contributed by atoms with Crippen LogP contribution in [-0.4, -0.2) is 48.8 Å². The van der Waals surface area contributed by atoms with Crippen LogP contribution in [0.15, 0.2) is 36.5 Å². The van der Waals surface area contributed by atoms with E-state index in [-0.39, 0.29) is 11.6 Å². The van der Waals surface area contributed by atoms with E-state index in [0.29, 0.717) is 27.2 Å². The Morgan fingerprint density at radius 1 is 1.19 bits per heavy atom. The van der Waals surface area contributed by atoms with E-state index in [1.807, 2.05) is 26.0 Å². The van der Waals surface area contributed by atoms with Crippen molar-refractivity contribution in [2.24, 2.45) is 0 Å². The van der Waals surface area contributed by atoms with Crippen LogP contribution in [0.1, 0.15) is 24.2 Å². The number of aliphatic carboxylic acids is 1. The molecule has 4 N–H and O–H groups in total. The fourth-order valence-corrected chi connectivity index (χ4v) is 3.63. The number of anilines is 2. The SMILES string of the molecule is CC(C)NC(=O)c1cc(-c2nsc(Nc3ccc4[nH]ncc4c3Cl)n2)ccc1F.O=C(O)C(F)(F)F. The van der Waals surface area contributed by atoms with Crippen LogP contribution in [0.3, 0.4) is 0 Å². The number of halogens is 5. The molecule has 0 spiro atoms. The monoisotopic (exact) mass is 544 g/mol. The molecular weight excluding hydrogens is 528 g/mol. The largest absolute Gasteiger partial charge is 0.490 e. The number of hydrogen-bond donors (Lipinski definition) is 4. The van der Waals surface area contributed by atoms with Crippen molar-refractivity contribution in [1.82, 2.24) is 24.9 Å². The maximum Gasteiger partial charge on any atom is 0.490 e. The third-order valence-corrected chi connectivity index (χ3v) is 5.40. The van der Waals surface area contributed by atoms with E-state index in [2.05, 4.69) is 30.2 Å². The van der Waals surface area contributed by atoms with Crippen molar-refractivity contribution < 1.29 is 32.3 Å². The number of carbonyl (C=O) groups is 2. The first-order valence-electron chi connectivity index (χ1n) is 10.00. The smallest absolute Gasteiger partial charge is 0.475 e. The highest BCUT2D eigenvalue weighted by Gasteiger charge is 2.38. The normalized spacial score (nSPS) is 11.2. The number of amides is 1. The van der Waals surface area contributed by atoms with Crippen molar-refractivity contribution in [2.75, 3.05) is 5.32 Å².